The summed E-state index contributed by atoms with van der Waals surface area (Å²) >= 11 is 0. The molecule has 11 heteroatoms. The predicted octanol–water partition coefficient (Wildman–Crippen LogP) is -1.35. The van der Waals surface area contributed by atoms with E-state index in [4.69, 9.17) is 14.8 Å². The fourth-order valence-corrected chi connectivity index (χ4v) is 3.68. The van der Waals surface area contributed by atoms with E-state index in [1.54, 1.807) is 0 Å². The number of amides is 1. The number of phenols is 1. The van der Waals surface area contributed by atoms with Gasteiger partial charge in [0.1, 0.15) is 28.7 Å². The predicted molar refractivity (Wildman–Crippen MR) is 104 cm³/mol. The zero-order chi connectivity index (χ0) is 21.2. The number of ether oxygens (including phenoxy) is 1. The van der Waals surface area contributed by atoms with Gasteiger partial charge in [-0.15, -0.1) is 0 Å². The van der Waals surface area contributed by atoms with Gasteiger partial charge >= 0.3 is 13.1 Å². The first kappa shape index (κ1) is 21.4. The van der Waals surface area contributed by atoms with Crippen LogP contribution >= 0.6 is 0 Å². The molecular weight excluding hydrogens is 381 g/mol. The number of hydrogen-bond donors (Lipinski definition) is 6. The summed E-state index contributed by atoms with van der Waals surface area (Å²) in [5.74, 6) is -1.74. The second-order valence-electron chi connectivity index (χ2n) is 7.72. The number of benzene rings is 1. The number of carboxylic acids is 1. The molecule has 1 atom stereocenters. The number of nitrogens with one attached hydrogen (secondary N) is 2. The highest BCUT2D eigenvalue weighted by Gasteiger charge is 2.41. The van der Waals surface area contributed by atoms with Gasteiger partial charge in [-0.3, -0.25) is 9.69 Å². The van der Waals surface area contributed by atoms with E-state index in [1.165, 1.54) is 12.1 Å². The number of likely N-dealkylation sites (tertiary alicyclic amines) is 1. The third-order valence-electron chi connectivity index (χ3n) is 5.29. The van der Waals surface area contributed by atoms with E-state index in [9.17, 15) is 19.8 Å². The fraction of sp³-hybridized carbons (Fsp3) is 0.556. The first-order valence-electron chi connectivity index (χ1n) is 9.56. The molecule has 0 bridgehead atoms. The molecule has 0 saturated carbocycles. The number of hydrogen-bond acceptors (Lipinski definition) is 8. The lowest BCUT2D eigenvalue weighted by atomic mass is 9.82. The Morgan fingerprint density at radius 1 is 1.34 bits per heavy atom. The minimum atomic E-state index is -1.54. The van der Waals surface area contributed by atoms with Gasteiger partial charge < -0.3 is 35.6 Å². The van der Waals surface area contributed by atoms with Gasteiger partial charge in [-0.1, -0.05) is 6.07 Å². The van der Waals surface area contributed by atoms with Gasteiger partial charge in [0.05, 0.1) is 0 Å². The van der Waals surface area contributed by atoms with Crippen LogP contribution in [0.1, 0.15) is 22.8 Å². The van der Waals surface area contributed by atoms with Crippen molar-refractivity contribution in [2.24, 2.45) is 0 Å². The van der Waals surface area contributed by atoms with Crippen LogP contribution < -0.4 is 15.4 Å². The summed E-state index contributed by atoms with van der Waals surface area (Å²) in [6.45, 7) is 4.73. The van der Waals surface area contributed by atoms with Gasteiger partial charge in [-0.2, -0.15) is 0 Å². The molecular formula is C18H26BN3O7. The molecule has 158 valence electrons. The summed E-state index contributed by atoms with van der Waals surface area (Å²) in [6, 6.07) is 3.00. The van der Waals surface area contributed by atoms with Gasteiger partial charge in [0.2, 0.25) is 5.91 Å². The summed E-state index contributed by atoms with van der Waals surface area (Å²) < 4.78 is 5.78. The molecule has 0 aromatic heterocycles. The zero-order valence-corrected chi connectivity index (χ0v) is 16.2. The Kier molecular flexibility index (Phi) is 6.32. The standard InChI is InChI=1S/C18H26BN3O7/c1-18(17(26)20-6-7-21-18)10-22-8-12(9-22)29-13-3-2-11(4-5-19(27)28)15(23)14(13)16(24)25/h2-3,12,21,23,27-28H,4-10H2,1H3,(H,20,26)(H,24,25)/t18-/m1/s1. The van der Waals surface area contributed by atoms with Gasteiger partial charge in [0.15, 0.2) is 0 Å². The van der Waals surface area contributed by atoms with E-state index in [2.05, 4.69) is 10.6 Å². The second kappa shape index (κ2) is 8.58. The minimum Gasteiger partial charge on any atom is -0.507 e. The maximum Gasteiger partial charge on any atom is 0.451 e. The van der Waals surface area contributed by atoms with Crippen molar-refractivity contribution in [3.8, 4) is 11.5 Å². The molecule has 6 N–H and O–H groups in total. The van der Waals surface area contributed by atoms with E-state index in [0.29, 0.717) is 38.3 Å². The van der Waals surface area contributed by atoms with Crippen LogP contribution in [0.15, 0.2) is 12.1 Å². The number of rotatable bonds is 8. The van der Waals surface area contributed by atoms with E-state index in [1.807, 2.05) is 11.8 Å². The Morgan fingerprint density at radius 3 is 2.69 bits per heavy atom. The van der Waals surface area contributed by atoms with Crippen LogP contribution in [0.3, 0.4) is 0 Å². The normalized spacial score (nSPS) is 22.7. The summed E-state index contributed by atoms with van der Waals surface area (Å²) in [5.41, 5.74) is -0.707. The van der Waals surface area contributed by atoms with E-state index in [-0.39, 0.29) is 36.1 Å². The summed E-state index contributed by atoms with van der Waals surface area (Å²) in [4.78, 5) is 25.8. The highest BCUT2D eigenvalue weighted by Crippen LogP contribution is 2.34. The molecule has 0 unspecified atom stereocenters. The molecule has 0 radical (unpaired) electrons. The van der Waals surface area contributed by atoms with Crippen molar-refractivity contribution in [2.45, 2.75) is 31.3 Å². The molecule has 2 aliphatic rings. The lowest BCUT2D eigenvalue weighted by Gasteiger charge is -2.45. The maximum atomic E-state index is 12.1. The highest BCUT2D eigenvalue weighted by atomic mass is 16.5. The molecule has 2 fully saturated rings. The Hall–Kier alpha value is -2.34. The number of aryl methyl sites for hydroxylation is 1. The van der Waals surface area contributed by atoms with Crippen LogP contribution in [-0.4, -0.2) is 88.5 Å². The van der Waals surface area contributed by atoms with Crippen molar-refractivity contribution in [3.05, 3.63) is 23.3 Å². The van der Waals surface area contributed by atoms with Crippen molar-refractivity contribution in [1.82, 2.24) is 15.5 Å². The molecule has 2 saturated heterocycles. The van der Waals surface area contributed by atoms with Crippen LogP contribution in [0.4, 0.5) is 0 Å². The maximum absolute atomic E-state index is 12.1. The van der Waals surface area contributed by atoms with Crippen LogP contribution in [0.25, 0.3) is 0 Å². The molecule has 2 heterocycles. The number of carbonyl (C=O) groups is 2. The van der Waals surface area contributed by atoms with Crippen molar-refractivity contribution in [3.63, 3.8) is 0 Å². The number of aromatic carboxylic acids is 1. The van der Waals surface area contributed by atoms with Crippen LogP contribution in [-0.2, 0) is 11.2 Å². The average Bonchev–Trinajstić information content (AvgIpc) is 2.61. The Labute approximate surface area is 168 Å². The fourth-order valence-electron chi connectivity index (χ4n) is 3.68. The molecule has 1 amide bonds. The molecule has 0 aliphatic carbocycles. The third-order valence-corrected chi connectivity index (χ3v) is 5.29. The average molecular weight is 407 g/mol. The Balaban J connectivity index is 1.62. The smallest absolute Gasteiger partial charge is 0.451 e. The second-order valence-corrected chi connectivity index (χ2v) is 7.72. The van der Waals surface area contributed by atoms with E-state index < -0.39 is 24.4 Å². The number of nitrogens with zero attached hydrogens (tertiary/aromatic N) is 1. The molecule has 3 rings (SSSR count). The monoisotopic (exact) mass is 407 g/mol. The van der Waals surface area contributed by atoms with Gasteiger partial charge in [0, 0.05) is 32.7 Å². The zero-order valence-electron chi connectivity index (χ0n) is 16.2. The van der Waals surface area contributed by atoms with Crippen molar-refractivity contribution >= 4 is 19.0 Å². The Bertz CT molecular complexity index is 785. The van der Waals surface area contributed by atoms with Crippen molar-refractivity contribution in [2.75, 3.05) is 32.7 Å². The molecule has 2 aliphatic heterocycles. The van der Waals surface area contributed by atoms with Crippen LogP contribution in [0.5, 0.6) is 11.5 Å². The number of aromatic hydroxyl groups is 1. The Morgan fingerprint density at radius 2 is 2.07 bits per heavy atom. The lowest BCUT2D eigenvalue weighted by molar-refractivity contribution is -0.130. The quantitative estimate of drug-likeness (QED) is 0.287. The molecule has 29 heavy (non-hydrogen) atoms. The van der Waals surface area contributed by atoms with Crippen LogP contribution in [0.2, 0.25) is 6.32 Å². The van der Waals surface area contributed by atoms with E-state index in [0.717, 1.165) is 0 Å². The van der Waals surface area contributed by atoms with E-state index >= 15 is 0 Å². The lowest BCUT2D eigenvalue weighted by Crippen LogP contribution is -2.69. The van der Waals surface area contributed by atoms with Crippen LogP contribution in [0, 0.1) is 0 Å². The SMILES string of the molecule is C[C@]1(CN2CC(Oc3ccc(CCB(O)O)c(O)c3C(=O)O)C2)NCCNC1=O. The summed E-state index contributed by atoms with van der Waals surface area (Å²) in [6.07, 6.45) is -0.160. The van der Waals surface area contributed by atoms with Gasteiger partial charge in [-0.05, 0) is 31.3 Å². The van der Waals surface area contributed by atoms with Gasteiger partial charge in [-0.25, -0.2) is 4.79 Å². The molecule has 1 aromatic rings. The summed E-state index contributed by atoms with van der Waals surface area (Å²) in [5, 5.41) is 43.8. The van der Waals surface area contributed by atoms with Gasteiger partial charge in [0.25, 0.3) is 0 Å². The third kappa shape index (κ3) is 4.81. The summed E-state index contributed by atoms with van der Waals surface area (Å²) in [7, 11) is -1.54. The first-order chi connectivity index (χ1) is 13.7. The molecule has 0 spiro atoms. The topological polar surface area (TPSA) is 152 Å². The number of carboxylic acid groups (broad SMARTS) is 1. The molecule has 10 nitrogen and oxygen atoms in total. The van der Waals surface area contributed by atoms with Crippen molar-refractivity contribution < 1.29 is 34.6 Å². The number of piperazine rings is 1. The number of carbonyl (C=O) groups excluding carboxylic acids is 1. The minimum absolute atomic E-state index is 0.0230. The molecule has 1 aromatic carbocycles. The largest absolute Gasteiger partial charge is 0.507 e. The van der Waals surface area contributed by atoms with Crippen molar-refractivity contribution in [1.29, 1.82) is 0 Å². The highest BCUT2D eigenvalue weighted by molar-refractivity contribution is 6.41. The first-order valence-corrected chi connectivity index (χ1v) is 9.56.